The Kier molecular flexibility index (Phi) is 5.98. The molecule has 0 atom stereocenters. The van der Waals surface area contributed by atoms with E-state index in [1.807, 2.05) is 20.8 Å². The van der Waals surface area contributed by atoms with E-state index in [0.717, 1.165) is 25.0 Å². The summed E-state index contributed by atoms with van der Waals surface area (Å²) in [5.41, 5.74) is -0.837. The maximum Gasteiger partial charge on any atom is 0.317 e. The molecule has 138 valence electrons. The van der Waals surface area contributed by atoms with E-state index >= 15 is 0 Å². The molecular weight excluding hydrogens is 328 g/mol. The van der Waals surface area contributed by atoms with Crippen LogP contribution >= 0.6 is 0 Å². The van der Waals surface area contributed by atoms with Crippen LogP contribution in [0.4, 0.5) is 13.6 Å². The van der Waals surface area contributed by atoms with Gasteiger partial charge in [-0.15, -0.1) is 0 Å². The standard InChI is InChI=1S/C18H25F2N3O2/c1-18(2,3)22-17(25)23-9-7-12(8-10-23)11-21-16(24)15-13(19)5-4-6-14(15)20/h4-6,12H,7-11H2,1-3H3,(H,21,24)(H,22,25). The van der Waals surface area contributed by atoms with E-state index in [2.05, 4.69) is 10.6 Å². The topological polar surface area (TPSA) is 61.4 Å². The van der Waals surface area contributed by atoms with Gasteiger partial charge in [0.2, 0.25) is 0 Å². The molecule has 5 nitrogen and oxygen atoms in total. The van der Waals surface area contributed by atoms with Crippen molar-refractivity contribution in [2.24, 2.45) is 5.92 Å². The summed E-state index contributed by atoms with van der Waals surface area (Å²) in [5.74, 6) is -2.31. The van der Waals surface area contributed by atoms with E-state index in [-0.39, 0.29) is 17.5 Å². The molecule has 1 aliphatic heterocycles. The van der Waals surface area contributed by atoms with Crippen LogP contribution in [0.3, 0.4) is 0 Å². The van der Waals surface area contributed by atoms with Gasteiger partial charge in [0, 0.05) is 25.2 Å². The van der Waals surface area contributed by atoms with Crippen molar-refractivity contribution in [3.05, 3.63) is 35.4 Å². The Balaban J connectivity index is 1.81. The van der Waals surface area contributed by atoms with E-state index in [0.29, 0.717) is 19.6 Å². The van der Waals surface area contributed by atoms with Crippen molar-refractivity contribution in [1.29, 1.82) is 0 Å². The summed E-state index contributed by atoms with van der Waals surface area (Å²) >= 11 is 0. The summed E-state index contributed by atoms with van der Waals surface area (Å²) in [6, 6.07) is 3.25. The zero-order chi connectivity index (χ0) is 18.6. The molecule has 7 heteroatoms. The number of halogens is 2. The van der Waals surface area contributed by atoms with Gasteiger partial charge < -0.3 is 15.5 Å². The molecule has 1 saturated heterocycles. The number of nitrogens with one attached hydrogen (secondary N) is 2. The van der Waals surface area contributed by atoms with Crippen LogP contribution < -0.4 is 10.6 Å². The SMILES string of the molecule is CC(C)(C)NC(=O)N1CCC(CNC(=O)c2c(F)cccc2F)CC1. The van der Waals surface area contributed by atoms with E-state index in [4.69, 9.17) is 0 Å². The molecule has 2 N–H and O–H groups in total. The molecule has 0 unspecified atom stereocenters. The number of hydrogen-bond acceptors (Lipinski definition) is 2. The third-order valence-corrected chi connectivity index (χ3v) is 4.12. The summed E-state index contributed by atoms with van der Waals surface area (Å²) in [6.07, 6.45) is 1.47. The van der Waals surface area contributed by atoms with Gasteiger partial charge in [0.15, 0.2) is 0 Å². The number of carbonyl (C=O) groups is 2. The predicted octanol–water partition coefficient (Wildman–Crippen LogP) is 2.91. The van der Waals surface area contributed by atoms with Crippen LogP contribution in [0.1, 0.15) is 44.0 Å². The molecule has 0 spiro atoms. The molecule has 0 aliphatic carbocycles. The first-order valence-corrected chi connectivity index (χ1v) is 8.46. The summed E-state index contributed by atoms with van der Waals surface area (Å²) in [6.45, 7) is 7.30. The van der Waals surface area contributed by atoms with E-state index in [1.54, 1.807) is 4.90 Å². The second kappa shape index (κ2) is 7.80. The van der Waals surface area contributed by atoms with Crippen molar-refractivity contribution in [2.75, 3.05) is 19.6 Å². The number of urea groups is 1. The number of hydrogen-bond donors (Lipinski definition) is 2. The molecule has 25 heavy (non-hydrogen) atoms. The molecule has 0 bridgehead atoms. The molecule has 1 aliphatic rings. The third-order valence-electron chi connectivity index (χ3n) is 4.12. The van der Waals surface area contributed by atoms with Crippen LogP contribution in [0.2, 0.25) is 0 Å². The average molecular weight is 353 g/mol. The predicted molar refractivity (Wildman–Crippen MR) is 91.3 cm³/mol. The lowest BCUT2D eigenvalue weighted by molar-refractivity contribution is 0.0928. The summed E-state index contributed by atoms with van der Waals surface area (Å²) < 4.78 is 27.2. The fraction of sp³-hybridized carbons (Fsp3) is 0.556. The van der Waals surface area contributed by atoms with Crippen LogP contribution in [-0.2, 0) is 0 Å². The monoisotopic (exact) mass is 353 g/mol. The van der Waals surface area contributed by atoms with Crippen LogP contribution in [0.25, 0.3) is 0 Å². The molecule has 1 aromatic rings. The van der Waals surface area contributed by atoms with Gasteiger partial charge in [-0.1, -0.05) is 6.07 Å². The average Bonchev–Trinajstić information content (AvgIpc) is 2.51. The van der Waals surface area contributed by atoms with Gasteiger partial charge in [-0.25, -0.2) is 13.6 Å². The van der Waals surface area contributed by atoms with Gasteiger partial charge in [-0.3, -0.25) is 4.79 Å². The first-order valence-electron chi connectivity index (χ1n) is 8.46. The Bertz CT molecular complexity index is 615. The Morgan fingerprint density at radius 3 is 2.24 bits per heavy atom. The first-order chi connectivity index (χ1) is 11.7. The number of benzene rings is 1. The normalized spacial score (nSPS) is 15.8. The lowest BCUT2D eigenvalue weighted by Gasteiger charge is -2.34. The Labute approximate surface area is 146 Å². The van der Waals surface area contributed by atoms with E-state index < -0.39 is 23.1 Å². The molecule has 3 amide bonds. The zero-order valence-corrected chi connectivity index (χ0v) is 14.9. The maximum absolute atomic E-state index is 13.6. The second-order valence-electron chi connectivity index (χ2n) is 7.42. The van der Waals surface area contributed by atoms with Crippen LogP contribution in [0.15, 0.2) is 18.2 Å². The van der Waals surface area contributed by atoms with E-state index in [1.165, 1.54) is 6.07 Å². The fourth-order valence-electron chi connectivity index (χ4n) is 2.78. The van der Waals surface area contributed by atoms with Gasteiger partial charge in [-0.05, 0) is 51.7 Å². The molecule has 0 radical (unpaired) electrons. The molecule has 1 heterocycles. The molecule has 1 aromatic carbocycles. The highest BCUT2D eigenvalue weighted by Crippen LogP contribution is 2.18. The van der Waals surface area contributed by atoms with Gasteiger partial charge in [0.25, 0.3) is 5.91 Å². The largest absolute Gasteiger partial charge is 0.352 e. The molecule has 0 aromatic heterocycles. The van der Waals surface area contributed by atoms with Crippen LogP contribution in [-0.4, -0.2) is 42.0 Å². The van der Waals surface area contributed by atoms with Crippen molar-refractivity contribution in [3.63, 3.8) is 0 Å². The van der Waals surface area contributed by atoms with Crippen molar-refractivity contribution >= 4 is 11.9 Å². The number of carbonyl (C=O) groups excluding carboxylic acids is 2. The number of piperidine rings is 1. The minimum absolute atomic E-state index is 0.0941. The molecular formula is C18H25F2N3O2. The van der Waals surface area contributed by atoms with Crippen LogP contribution in [0.5, 0.6) is 0 Å². The Hall–Kier alpha value is -2.18. The lowest BCUT2D eigenvalue weighted by atomic mass is 9.96. The number of amides is 3. The minimum atomic E-state index is -0.869. The van der Waals surface area contributed by atoms with Gasteiger partial charge in [-0.2, -0.15) is 0 Å². The van der Waals surface area contributed by atoms with Crippen molar-refractivity contribution in [3.8, 4) is 0 Å². The van der Waals surface area contributed by atoms with Gasteiger partial charge >= 0.3 is 6.03 Å². The molecule has 2 rings (SSSR count). The highest BCUT2D eigenvalue weighted by molar-refractivity contribution is 5.94. The zero-order valence-electron chi connectivity index (χ0n) is 14.9. The number of nitrogens with zero attached hydrogens (tertiary/aromatic N) is 1. The highest BCUT2D eigenvalue weighted by atomic mass is 19.1. The van der Waals surface area contributed by atoms with Crippen molar-refractivity contribution in [2.45, 2.75) is 39.2 Å². The highest BCUT2D eigenvalue weighted by Gasteiger charge is 2.26. The quantitative estimate of drug-likeness (QED) is 0.878. The smallest absolute Gasteiger partial charge is 0.317 e. The number of likely N-dealkylation sites (tertiary alicyclic amines) is 1. The first kappa shape index (κ1) is 19.1. The van der Waals surface area contributed by atoms with Crippen molar-refractivity contribution in [1.82, 2.24) is 15.5 Å². The molecule has 1 fully saturated rings. The maximum atomic E-state index is 13.6. The van der Waals surface area contributed by atoms with Crippen molar-refractivity contribution < 1.29 is 18.4 Å². The summed E-state index contributed by atoms with van der Waals surface area (Å²) in [5, 5.41) is 5.52. The summed E-state index contributed by atoms with van der Waals surface area (Å²) in [7, 11) is 0. The number of rotatable bonds is 3. The fourth-order valence-corrected chi connectivity index (χ4v) is 2.78. The van der Waals surface area contributed by atoms with Crippen LogP contribution in [0, 0.1) is 17.6 Å². The molecule has 0 saturated carbocycles. The minimum Gasteiger partial charge on any atom is -0.352 e. The second-order valence-corrected chi connectivity index (χ2v) is 7.42. The van der Waals surface area contributed by atoms with Gasteiger partial charge in [0.1, 0.15) is 17.2 Å². The Morgan fingerprint density at radius 2 is 1.72 bits per heavy atom. The lowest BCUT2D eigenvalue weighted by Crippen LogP contribution is -2.51. The van der Waals surface area contributed by atoms with Gasteiger partial charge in [0.05, 0.1) is 0 Å². The summed E-state index contributed by atoms with van der Waals surface area (Å²) in [4.78, 5) is 25.9. The Morgan fingerprint density at radius 1 is 1.16 bits per heavy atom. The third kappa shape index (κ3) is 5.41. The van der Waals surface area contributed by atoms with E-state index in [9.17, 15) is 18.4 Å².